The number of hydrogen-bond donors (Lipinski definition) is 1. The van der Waals surface area contributed by atoms with Crippen molar-refractivity contribution in [3.63, 3.8) is 0 Å². The van der Waals surface area contributed by atoms with Gasteiger partial charge in [-0.2, -0.15) is 0 Å². The van der Waals surface area contributed by atoms with Crippen LogP contribution in [0.2, 0.25) is 0 Å². The van der Waals surface area contributed by atoms with Gasteiger partial charge in [0.05, 0.1) is 17.1 Å². The maximum atomic E-state index is 10.8. The molecule has 6 heteroatoms. The van der Waals surface area contributed by atoms with Crippen LogP contribution in [0.1, 0.15) is 18.9 Å². The molecule has 0 heterocycles. The van der Waals surface area contributed by atoms with Crippen LogP contribution in [-0.4, -0.2) is 21.6 Å². The molecule has 0 radical (unpaired) electrons. The van der Waals surface area contributed by atoms with Gasteiger partial charge in [-0.3, -0.25) is 14.9 Å². The summed E-state index contributed by atoms with van der Waals surface area (Å²) < 4.78 is 0. The highest BCUT2D eigenvalue weighted by atomic mass is 16.6. The van der Waals surface area contributed by atoms with E-state index in [0.717, 1.165) is 0 Å². The molecule has 0 atom stereocenters. The molecule has 1 aromatic carbocycles. The Morgan fingerprint density at radius 3 is 2.50 bits per heavy atom. The first-order valence-electron chi connectivity index (χ1n) is 5.16. The maximum Gasteiger partial charge on any atom is 0.269 e. The minimum absolute atomic E-state index is 0.00642. The molecule has 0 amide bonds. The molecule has 0 spiro atoms. The van der Waals surface area contributed by atoms with Crippen LogP contribution in [0.5, 0.6) is 0 Å². The molecule has 0 aliphatic carbocycles. The second-order valence-corrected chi connectivity index (χ2v) is 3.65. The standard InChI is InChI=1S/C12H12N2O4/c1-9(15)8-11(13-16)5-2-10-3-6-12(7-4-10)14(17)18/h2-7,16H,8H2,1H3/b5-2+,13-11+. The van der Waals surface area contributed by atoms with Gasteiger partial charge in [0.25, 0.3) is 5.69 Å². The summed E-state index contributed by atoms with van der Waals surface area (Å²) in [5.41, 5.74) is 0.957. The number of oxime groups is 1. The van der Waals surface area contributed by atoms with E-state index in [-0.39, 0.29) is 23.6 Å². The molecular weight excluding hydrogens is 236 g/mol. The van der Waals surface area contributed by atoms with E-state index in [1.165, 1.54) is 25.1 Å². The van der Waals surface area contributed by atoms with Gasteiger partial charge in [0.1, 0.15) is 5.78 Å². The van der Waals surface area contributed by atoms with E-state index in [9.17, 15) is 14.9 Å². The largest absolute Gasteiger partial charge is 0.411 e. The smallest absolute Gasteiger partial charge is 0.269 e. The van der Waals surface area contributed by atoms with Crippen LogP contribution in [0.15, 0.2) is 35.5 Å². The van der Waals surface area contributed by atoms with Gasteiger partial charge in [-0.05, 0) is 30.7 Å². The molecule has 0 aliphatic rings. The molecule has 0 unspecified atom stereocenters. The van der Waals surface area contributed by atoms with Crippen LogP contribution in [-0.2, 0) is 4.79 Å². The third-order valence-corrected chi connectivity index (χ3v) is 2.13. The molecule has 18 heavy (non-hydrogen) atoms. The number of benzene rings is 1. The molecule has 0 aromatic heterocycles. The molecular formula is C12H12N2O4. The minimum Gasteiger partial charge on any atom is -0.411 e. The summed E-state index contributed by atoms with van der Waals surface area (Å²) >= 11 is 0. The Morgan fingerprint density at radius 1 is 1.44 bits per heavy atom. The van der Waals surface area contributed by atoms with E-state index in [1.54, 1.807) is 18.2 Å². The molecule has 0 fully saturated rings. The van der Waals surface area contributed by atoms with Gasteiger partial charge in [0, 0.05) is 12.1 Å². The fraction of sp³-hybridized carbons (Fsp3) is 0.167. The van der Waals surface area contributed by atoms with Crippen molar-refractivity contribution >= 4 is 23.3 Å². The highest BCUT2D eigenvalue weighted by molar-refractivity contribution is 6.08. The molecule has 6 nitrogen and oxygen atoms in total. The summed E-state index contributed by atoms with van der Waals surface area (Å²) in [6.45, 7) is 1.39. The molecule has 0 saturated heterocycles. The first-order chi connectivity index (χ1) is 8.52. The van der Waals surface area contributed by atoms with Crippen molar-refractivity contribution in [1.82, 2.24) is 0 Å². The van der Waals surface area contributed by atoms with Crippen LogP contribution in [0.4, 0.5) is 5.69 Å². The van der Waals surface area contributed by atoms with Crippen LogP contribution in [0, 0.1) is 10.1 Å². The third kappa shape index (κ3) is 4.17. The Kier molecular flexibility index (Phi) is 4.74. The number of Topliss-reactive ketones (excluding diaryl/α,β-unsaturated/α-hetero) is 1. The third-order valence-electron chi connectivity index (χ3n) is 2.13. The summed E-state index contributed by atoms with van der Waals surface area (Å²) in [5, 5.41) is 22.1. The number of nitro groups is 1. The number of carbonyl (C=O) groups excluding carboxylic acids is 1. The molecule has 0 saturated carbocycles. The lowest BCUT2D eigenvalue weighted by Gasteiger charge is -1.96. The first kappa shape index (κ1) is 13.6. The summed E-state index contributed by atoms with van der Waals surface area (Å²) in [5.74, 6) is -0.115. The van der Waals surface area contributed by atoms with E-state index in [1.807, 2.05) is 0 Å². The van der Waals surface area contributed by atoms with E-state index >= 15 is 0 Å². The second-order valence-electron chi connectivity index (χ2n) is 3.65. The van der Waals surface area contributed by atoms with Crippen LogP contribution < -0.4 is 0 Å². The molecule has 1 rings (SSSR count). The predicted molar refractivity (Wildman–Crippen MR) is 66.6 cm³/mol. The number of hydrogen-bond acceptors (Lipinski definition) is 5. The van der Waals surface area contributed by atoms with E-state index < -0.39 is 4.92 Å². The quantitative estimate of drug-likeness (QED) is 0.375. The predicted octanol–water partition coefficient (Wildman–Crippen LogP) is 2.42. The van der Waals surface area contributed by atoms with E-state index in [2.05, 4.69) is 5.16 Å². The summed E-state index contributed by atoms with van der Waals surface area (Å²) in [4.78, 5) is 20.8. The average molecular weight is 248 g/mol. The van der Waals surface area contributed by atoms with E-state index in [4.69, 9.17) is 5.21 Å². The topological polar surface area (TPSA) is 92.8 Å². The Hall–Kier alpha value is -2.50. The Labute approximate surface area is 103 Å². The molecule has 0 aliphatic heterocycles. The summed E-state index contributed by atoms with van der Waals surface area (Å²) in [7, 11) is 0. The zero-order valence-corrected chi connectivity index (χ0v) is 9.74. The van der Waals surface area contributed by atoms with Gasteiger partial charge >= 0.3 is 0 Å². The van der Waals surface area contributed by atoms with Gasteiger partial charge in [-0.15, -0.1) is 0 Å². The van der Waals surface area contributed by atoms with Gasteiger partial charge < -0.3 is 5.21 Å². The van der Waals surface area contributed by atoms with Crippen molar-refractivity contribution in [3.05, 3.63) is 46.0 Å². The number of nitrogens with zero attached hydrogens (tertiary/aromatic N) is 2. The highest BCUT2D eigenvalue weighted by Gasteiger charge is 2.03. The lowest BCUT2D eigenvalue weighted by molar-refractivity contribution is -0.384. The second kappa shape index (κ2) is 6.29. The van der Waals surface area contributed by atoms with Gasteiger partial charge in [-0.1, -0.05) is 11.2 Å². The van der Waals surface area contributed by atoms with Crippen molar-refractivity contribution in [2.45, 2.75) is 13.3 Å². The molecule has 0 bridgehead atoms. The SMILES string of the molecule is CC(=O)CC(/C=C/c1ccc([N+](=O)[O-])cc1)=N/O. The van der Waals surface area contributed by atoms with Crippen LogP contribution >= 0.6 is 0 Å². The van der Waals surface area contributed by atoms with Crippen LogP contribution in [0.3, 0.4) is 0 Å². The number of carbonyl (C=O) groups is 1. The molecule has 94 valence electrons. The normalized spacial score (nSPS) is 11.7. The first-order valence-corrected chi connectivity index (χ1v) is 5.16. The van der Waals surface area contributed by atoms with Gasteiger partial charge in [0.2, 0.25) is 0 Å². The zero-order chi connectivity index (χ0) is 13.5. The van der Waals surface area contributed by atoms with Crippen molar-refractivity contribution in [2.24, 2.45) is 5.16 Å². The number of ketones is 1. The highest BCUT2D eigenvalue weighted by Crippen LogP contribution is 2.13. The van der Waals surface area contributed by atoms with Crippen molar-refractivity contribution in [3.8, 4) is 0 Å². The number of non-ortho nitro benzene ring substituents is 1. The number of allylic oxidation sites excluding steroid dienone is 1. The lowest BCUT2D eigenvalue weighted by atomic mass is 10.1. The Bertz CT molecular complexity index is 503. The Morgan fingerprint density at radius 2 is 2.06 bits per heavy atom. The van der Waals surface area contributed by atoms with Gasteiger partial charge in [0.15, 0.2) is 0 Å². The van der Waals surface area contributed by atoms with Crippen molar-refractivity contribution in [1.29, 1.82) is 0 Å². The van der Waals surface area contributed by atoms with Gasteiger partial charge in [-0.25, -0.2) is 0 Å². The average Bonchev–Trinajstić information content (AvgIpc) is 2.34. The fourth-order valence-electron chi connectivity index (χ4n) is 1.28. The van der Waals surface area contributed by atoms with Crippen LogP contribution in [0.25, 0.3) is 6.08 Å². The van der Waals surface area contributed by atoms with Crippen molar-refractivity contribution in [2.75, 3.05) is 0 Å². The number of nitro benzene ring substituents is 1. The summed E-state index contributed by atoms with van der Waals surface area (Å²) in [6.07, 6.45) is 3.14. The lowest BCUT2D eigenvalue weighted by Crippen LogP contribution is -2.01. The van der Waals surface area contributed by atoms with Crippen molar-refractivity contribution < 1.29 is 14.9 Å². The molecule has 1 aromatic rings. The maximum absolute atomic E-state index is 10.8. The monoisotopic (exact) mass is 248 g/mol. The van der Waals surface area contributed by atoms with E-state index in [0.29, 0.717) is 5.56 Å². The zero-order valence-electron chi connectivity index (χ0n) is 9.74. The minimum atomic E-state index is -0.482. The molecule has 1 N–H and O–H groups in total. The Balaban J connectivity index is 2.77. The summed E-state index contributed by atoms with van der Waals surface area (Å²) in [6, 6.07) is 5.88. The fourth-order valence-corrected chi connectivity index (χ4v) is 1.28. The number of rotatable bonds is 5.